The number of aromatic nitrogens is 1. The van der Waals surface area contributed by atoms with Gasteiger partial charge in [-0.1, -0.05) is 25.5 Å². The lowest BCUT2D eigenvalue weighted by molar-refractivity contribution is 0.160. The van der Waals surface area contributed by atoms with Gasteiger partial charge in [-0.05, 0) is 48.2 Å². The predicted molar refractivity (Wildman–Crippen MR) is 83.4 cm³/mol. The number of nitrogens with one attached hydrogen (secondary N) is 1. The maximum Gasteiger partial charge on any atom is 0.411 e. The summed E-state index contributed by atoms with van der Waals surface area (Å²) in [5.41, 5.74) is 3.14. The third kappa shape index (κ3) is 5.26. The van der Waals surface area contributed by atoms with Gasteiger partial charge in [0.1, 0.15) is 0 Å². The van der Waals surface area contributed by atoms with Crippen LogP contribution in [0.4, 0.5) is 10.5 Å². The molecule has 110 valence electrons. The number of rotatable bonds is 6. The van der Waals surface area contributed by atoms with Crippen LogP contribution in [0.15, 0.2) is 48.8 Å². The van der Waals surface area contributed by atoms with E-state index in [-0.39, 0.29) is 0 Å². The first-order valence-corrected chi connectivity index (χ1v) is 7.19. The summed E-state index contributed by atoms with van der Waals surface area (Å²) in [6, 6.07) is 11.8. The van der Waals surface area contributed by atoms with Gasteiger partial charge < -0.3 is 4.74 Å². The van der Waals surface area contributed by atoms with E-state index in [0.29, 0.717) is 6.61 Å². The van der Waals surface area contributed by atoms with E-state index in [1.54, 1.807) is 12.4 Å². The van der Waals surface area contributed by atoms with Crippen LogP contribution >= 0.6 is 0 Å². The molecule has 0 atom stereocenters. The number of nitrogens with zero attached hydrogens (tertiary/aromatic N) is 1. The molecule has 0 radical (unpaired) electrons. The van der Waals surface area contributed by atoms with E-state index < -0.39 is 6.09 Å². The SMILES string of the molecule is CCCCOC(=O)Nc1ccc(Cc2ccncc2)cc1. The average molecular weight is 284 g/mol. The van der Waals surface area contributed by atoms with Gasteiger partial charge in [0.2, 0.25) is 0 Å². The van der Waals surface area contributed by atoms with Crippen LogP contribution in [0.1, 0.15) is 30.9 Å². The Morgan fingerprint density at radius 1 is 1.10 bits per heavy atom. The van der Waals surface area contributed by atoms with E-state index in [2.05, 4.69) is 17.2 Å². The number of hydrogen-bond acceptors (Lipinski definition) is 3. The maximum atomic E-state index is 11.5. The normalized spacial score (nSPS) is 10.1. The lowest BCUT2D eigenvalue weighted by Crippen LogP contribution is -2.14. The molecule has 0 saturated carbocycles. The van der Waals surface area contributed by atoms with Gasteiger partial charge >= 0.3 is 6.09 Å². The first-order valence-electron chi connectivity index (χ1n) is 7.19. The van der Waals surface area contributed by atoms with E-state index in [1.165, 1.54) is 11.1 Å². The monoisotopic (exact) mass is 284 g/mol. The Hall–Kier alpha value is -2.36. The number of ether oxygens (including phenoxy) is 1. The van der Waals surface area contributed by atoms with Crippen LogP contribution < -0.4 is 5.32 Å². The van der Waals surface area contributed by atoms with Crippen molar-refractivity contribution in [2.24, 2.45) is 0 Å². The van der Waals surface area contributed by atoms with Gasteiger partial charge in [-0.15, -0.1) is 0 Å². The molecule has 0 saturated heterocycles. The second-order valence-electron chi connectivity index (χ2n) is 4.84. The minimum atomic E-state index is -0.398. The largest absolute Gasteiger partial charge is 0.449 e. The lowest BCUT2D eigenvalue weighted by Gasteiger charge is -2.07. The van der Waals surface area contributed by atoms with Crippen LogP contribution in [0.3, 0.4) is 0 Å². The van der Waals surface area contributed by atoms with E-state index in [4.69, 9.17) is 4.74 Å². The van der Waals surface area contributed by atoms with Crippen LogP contribution in [-0.4, -0.2) is 17.7 Å². The summed E-state index contributed by atoms with van der Waals surface area (Å²) in [6.07, 6.45) is 5.93. The molecule has 1 heterocycles. The summed E-state index contributed by atoms with van der Waals surface area (Å²) in [5.74, 6) is 0. The molecule has 2 aromatic rings. The van der Waals surface area contributed by atoms with Gasteiger partial charge in [0.05, 0.1) is 6.61 Å². The van der Waals surface area contributed by atoms with Crippen molar-refractivity contribution < 1.29 is 9.53 Å². The van der Waals surface area contributed by atoms with Crippen molar-refractivity contribution in [1.82, 2.24) is 4.98 Å². The number of carbonyl (C=O) groups is 1. The Bertz CT molecular complexity index is 553. The molecule has 0 aliphatic heterocycles. The van der Waals surface area contributed by atoms with Crippen molar-refractivity contribution in [3.63, 3.8) is 0 Å². The molecule has 2 rings (SSSR count). The Balaban J connectivity index is 1.85. The number of anilines is 1. The Kier molecular flexibility index (Phi) is 5.76. The van der Waals surface area contributed by atoms with Crippen molar-refractivity contribution >= 4 is 11.8 Å². The number of pyridine rings is 1. The summed E-state index contributed by atoms with van der Waals surface area (Å²) in [5, 5.41) is 2.72. The van der Waals surface area contributed by atoms with Gasteiger partial charge in [-0.25, -0.2) is 4.79 Å². The minimum absolute atomic E-state index is 0.398. The van der Waals surface area contributed by atoms with Gasteiger partial charge in [0, 0.05) is 18.1 Å². The quantitative estimate of drug-likeness (QED) is 0.815. The van der Waals surface area contributed by atoms with E-state index in [0.717, 1.165) is 24.9 Å². The first kappa shape index (κ1) is 15.0. The minimum Gasteiger partial charge on any atom is -0.449 e. The van der Waals surface area contributed by atoms with Gasteiger partial charge in [0.25, 0.3) is 0 Å². The first-order chi connectivity index (χ1) is 10.3. The average Bonchev–Trinajstić information content (AvgIpc) is 2.51. The van der Waals surface area contributed by atoms with E-state index in [1.807, 2.05) is 36.4 Å². The van der Waals surface area contributed by atoms with Gasteiger partial charge in [-0.2, -0.15) is 0 Å². The Morgan fingerprint density at radius 2 is 1.76 bits per heavy atom. The molecule has 0 bridgehead atoms. The number of unbranched alkanes of at least 4 members (excludes halogenated alkanes) is 1. The number of benzene rings is 1. The zero-order valence-electron chi connectivity index (χ0n) is 12.2. The zero-order chi connectivity index (χ0) is 14.9. The van der Waals surface area contributed by atoms with Crippen molar-refractivity contribution in [3.05, 3.63) is 59.9 Å². The van der Waals surface area contributed by atoms with Crippen LogP contribution in [-0.2, 0) is 11.2 Å². The van der Waals surface area contributed by atoms with Crippen molar-refractivity contribution in [2.45, 2.75) is 26.2 Å². The molecular formula is C17H20N2O2. The van der Waals surface area contributed by atoms with Crippen molar-refractivity contribution in [1.29, 1.82) is 0 Å². The van der Waals surface area contributed by atoms with Crippen LogP contribution in [0.2, 0.25) is 0 Å². The molecule has 0 fully saturated rings. The predicted octanol–water partition coefficient (Wildman–Crippen LogP) is 4.02. The molecule has 1 amide bonds. The summed E-state index contributed by atoms with van der Waals surface area (Å²) in [6.45, 7) is 2.52. The molecule has 4 nitrogen and oxygen atoms in total. The highest BCUT2D eigenvalue weighted by Crippen LogP contribution is 2.13. The molecule has 0 unspecified atom stereocenters. The zero-order valence-corrected chi connectivity index (χ0v) is 12.2. The second-order valence-corrected chi connectivity index (χ2v) is 4.84. The summed E-state index contributed by atoms with van der Waals surface area (Å²) < 4.78 is 5.06. The third-order valence-corrected chi connectivity index (χ3v) is 3.09. The van der Waals surface area contributed by atoms with Crippen LogP contribution in [0, 0.1) is 0 Å². The number of hydrogen-bond donors (Lipinski definition) is 1. The summed E-state index contributed by atoms with van der Waals surface area (Å²) in [4.78, 5) is 15.5. The number of carbonyl (C=O) groups excluding carboxylic acids is 1. The molecule has 0 aliphatic rings. The molecule has 1 aromatic heterocycles. The fraction of sp³-hybridized carbons (Fsp3) is 0.294. The fourth-order valence-electron chi connectivity index (χ4n) is 1.91. The smallest absolute Gasteiger partial charge is 0.411 e. The summed E-state index contributed by atoms with van der Waals surface area (Å²) >= 11 is 0. The fourth-order valence-corrected chi connectivity index (χ4v) is 1.91. The molecule has 1 N–H and O–H groups in total. The highest BCUT2D eigenvalue weighted by Gasteiger charge is 2.03. The van der Waals surface area contributed by atoms with Gasteiger partial charge in [-0.3, -0.25) is 10.3 Å². The molecule has 21 heavy (non-hydrogen) atoms. The van der Waals surface area contributed by atoms with E-state index >= 15 is 0 Å². The third-order valence-electron chi connectivity index (χ3n) is 3.09. The highest BCUT2D eigenvalue weighted by molar-refractivity contribution is 5.84. The Labute approximate surface area is 125 Å². The van der Waals surface area contributed by atoms with Crippen LogP contribution in [0.25, 0.3) is 0 Å². The van der Waals surface area contributed by atoms with E-state index in [9.17, 15) is 4.79 Å². The molecule has 1 aromatic carbocycles. The maximum absolute atomic E-state index is 11.5. The van der Waals surface area contributed by atoms with Crippen molar-refractivity contribution in [3.8, 4) is 0 Å². The molecular weight excluding hydrogens is 264 g/mol. The number of amides is 1. The highest BCUT2D eigenvalue weighted by atomic mass is 16.5. The van der Waals surface area contributed by atoms with Crippen LogP contribution in [0.5, 0.6) is 0 Å². The molecule has 4 heteroatoms. The second kappa shape index (κ2) is 8.04. The van der Waals surface area contributed by atoms with Crippen molar-refractivity contribution in [2.75, 3.05) is 11.9 Å². The Morgan fingerprint density at radius 3 is 2.43 bits per heavy atom. The lowest BCUT2D eigenvalue weighted by atomic mass is 10.1. The van der Waals surface area contributed by atoms with Gasteiger partial charge in [0.15, 0.2) is 0 Å². The summed E-state index contributed by atoms with van der Waals surface area (Å²) in [7, 11) is 0. The standard InChI is InChI=1S/C17H20N2O2/c1-2-3-12-21-17(20)19-16-6-4-14(5-7-16)13-15-8-10-18-11-9-15/h4-11H,2-3,12-13H2,1H3,(H,19,20). The molecule has 0 spiro atoms. The molecule has 0 aliphatic carbocycles. The topological polar surface area (TPSA) is 51.2 Å².